The molecule has 19 heavy (non-hydrogen) atoms. The molecular weight excluding hydrogens is 254 g/mol. The van der Waals surface area contributed by atoms with E-state index in [9.17, 15) is 5.26 Å². The van der Waals surface area contributed by atoms with Gasteiger partial charge in [0.15, 0.2) is 0 Å². The van der Waals surface area contributed by atoms with Crippen molar-refractivity contribution in [3.63, 3.8) is 0 Å². The minimum Gasteiger partial charge on any atom is -0.192 e. The average molecular weight is 268 g/mol. The fourth-order valence-corrected chi connectivity index (χ4v) is 2.04. The summed E-state index contributed by atoms with van der Waals surface area (Å²) in [6.45, 7) is 2.11. The highest BCUT2D eigenvalue weighted by atomic mass is 35.5. The largest absolute Gasteiger partial charge is 0.192 e. The van der Waals surface area contributed by atoms with E-state index in [0.717, 1.165) is 17.5 Å². The molecule has 0 atom stereocenters. The highest BCUT2D eigenvalue weighted by molar-refractivity contribution is 6.32. The number of aryl methyl sites for hydroxylation is 1. The quantitative estimate of drug-likeness (QED) is 0.569. The Hall–Kier alpha value is -2.04. The molecule has 2 rings (SSSR count). The van der Waals surface area contributed by atoms with Crippen molar-refractivity contribution < 1.29 is 0 Å². The van der Waals surface area contributed by atoms with Gasteiger partial charge in [-0.05, 0) is 35.3 Å². The van der Waals surface area contributed by atoms with Gasteiger partial charge in [-0.3, -0.25) is 0 Å². The van der Waals surface area contributed by atoms with Crippen LogP contribution in [0.3, 0.4) is 0 Å². The fourth-order valence-electron chi connectivity index (χ4n) is 1.85. The Bertz CT molecular complexity index is 633. The van der Waals surface area contributed by atoms with Gasteiger partial charge in [-0.25, -0.2) is 0 Å². The van der Waals surface area contributed by atoms with E-state index in [2.05, 4.69) is 13.0 Å². The number of hydrogen-bond donors (Lipinski definition) is 0. The lowest BCUT2D eigenvalue weighted by atomic mass is 10.0. The van der Waals surface area contributed by atoms with Crippen LogP contribution in [-0.4, -0.2) is 0 Å². The van der Waals surface area contributed by atoms with Gasteiger partial charge in [0.1, 0.15) is 0 Å². The van der Waals surface area contributed by atoms with Crippen LogP contribution in [0.4, 0.5) is 0 Å². The van der Waals surface area contributed by atoms with Crippen molar-refractivity contribution in [1.82, 2.24) is 0 Å². The molecule has 0 amide bonds. The van der Waals surface area contributed by atoms with Gasteiger partial charge >= 0.3 is 0 Å². The Balaban J connectivity index is 2.40. The van der Waals surface area contributed by atoms with Crippen molar-refractivity contribution in [2.45, 2.75) is 13.3 Å². The summed E-state index contributed by atoms with van der Waals surface area (Å²) in [5.74, 6) is 0. The number of nitriles is 1. The van der Waals surface area contributed by atoms with E-state index in [1.165, 1.54) is 5.56 Å². The molecule has 0 aromatic heterocycles. The number of allylic oxidation sites excluding steroid dienone is 1. The van der Waals surface area contributed by atoms with Crippen molar-refractivity contribution in [2.24, 2.45) is 0 Å². The maximum absolute atomic E-state index is 9.30. The van der Waals surface area contributed by atoms with Crippen molar-refractivity contribution >= 4 is 23.3 Å². The average Bonchev–Trinajstić information content (AvgIpc) is 2.47. The standard InChI is InChI=1S/C17H14ClN/c1-2-13-7-9-14(10-8-13)16(12-19)11-15-5-3-4-6-17(15)18/h3-11H,2H2,1H3/b16-11+. The van der Waals surface area contributed by atoms with Crippen LogP contribution in [0.5, 0.6) is 0 Å². The number of nitrogens with zero attached hydrogens (tertiary/aromatic N) is 1. The molecule has 94 valence electrons. The number of halogens is 1. The summed E-state index contributed by atoms with van der Waals surface area (Å²) in [6.07, 6.45) is 2.82. The molecule has 0 aliphatic heterocycles. The van der Waals surface area contributed by atoms with E-state index in [1.54, 1.807) is 0 Å². The molecule has 0 unspecified atom stereocenters. The molecule has 0 bridgehead atoms. The van der Waals surface area contributed by atoms with Crippen molar-refractivity contribution in [3.8, 4) is 6.07 Å². The summed E-state index contributed by atoms with van der Waals surface area (Å²) in [6, 6.07) is 17.8. The molecule has 0 aliphatic rings. The van der Waals surface area contributed by atoms with Crippen LogP contribution in [0.25, 0.3) is 11.6 Å². The lowest BCUT2D eigenvalue weighted by molar-refractivity contribution is 1.14. The molecule has 0 saturated heterocycles. The first kappa shape index (κ1) is 13.4. The first-order valence-corrected chi connectivity index (χ1v) is 6.58. The third-order valence-electron chi connectivity index (χ3n) is 3.00. The minimum absolute atomic E-state index is 0.621. The maximum atomic E-state index is 9.30. The smallest absolute Gasteiger partial charge is 0.0998 e. The predicted molar refractivity (Wildman–Crippen MR) is 80.8 cm³/mol. The van der Waals surface area contributed by atoms with Crippen LogP contribution in [0.2, 0.25) is 5.02 Å². The van der Waals surface area contributed by atoms with Crippen LogP contribution in [0.1, 0.15) is 23.6 Å². The van der Waals surface area contributed by atoms with Crippen LogP contribution in [0, 0.1) is 11.3 Å². The van der Waals surface area contributed by atoms with E-state index >= 15 is 0 Å². The Morgan fingerprint density at radius 2 is 1.84 bits per heavy atom. The second-order valence-corrected chi connectivity index (χ2v) is 4.65. The molecule has 1 nitrogen and oxygen atoms in total. The third-order valence-corrected chi connectivity index (χ3v) is 3.34. The van der Waals surface area contributed by atoms with Gasteiger partial charge in [0.2, 0.25) is 0 Å². The minimum atomic E-state index is 0.621. The summed E-state index contributed by atoms with van der Waals surface area (Å²) in [5, 5.41) is 9.95. The van der Waals surface area contributed by atoms with Gasteiger partial charge < -0.3 is 0 Å². The molecule has 0 radical (unpaired) electrons. The Morgan fingerprint density at radius 3 is 2.42 bits per heavy atom. The Kier molecular flexibility index (Phi) is 4.39. The zero-order chi connectivity index (χ0) is 13.7. The molecule has 0 aliphatic carbocycles. The Labute approximate surface area is 118 Å². The van der Waals surface area contributed by atoms with Crippen molar-refractivity contribution in [3.05, 3.63) is 70.2 Å². The van der Waals surface area contributed by atoms with Crippen LogP contribution in [0.15, 0.2) is 48.5 Å². The first-order valence-electron chi connectivity index (χ1n) is 6.20. The normalized spacial score (nSPS) is 11.1. The number of hydrogen-bond acceptors (Lipinski definition) is 1. The summed E-state index contributed by atoms with van der Waals surface area (Å²) >= 11 is 6.11. The van der Waals surface area contributed by atoms with E-state index < -0.39 is 0 Å². The molecular formula is C17H14ClN. The highest BCUT2D eigenvalue weighted by Crippen LogP contribution is 2.23. The van der Waals surface area contributed by atoms with Crippen molar-refractivity contribution in [1.29, 1.82) is 5.26 Å². The monoisotopic (exact) mass is 267 g/mol. The molecule has 0 N–H and O–H groups in total. The van der Waals surface area contributed by atoms with E-state index in [4.69, 9.17) is 11.6 Å². The molecule has 2 heteroatoms. The zero-order valence-electron chi connectivity index (χ0n) is 10.7. The van der Waals surface area contributed by atoms with E-state index in [0.29, 0.717) is 10.6 Å². The lowest BCUT2D eigenvalue weighted by Crippen LogP contribution is -1.85. The fraction of sp³-hybridized carbons (Fsp3) is 0.118. The van der Waals surface area contributed by atoms with Gasteiger partial charge in [-0.1, -0.05) is 61.0 Å². The number of benzene rings is 2. The third kappa shape index (κ3) is 3.24. The van der Waals surface area contributed by atoms with Gasteiger partial charge in [0, 0.05) is 5.02 Å². The van der Waals surface area contributed by atoms with Gasteiger partial charge in [0.25, 0.3) is 0 Å². The molecule has 0 spiro atoms. The predicted octanol–water partition coefficient (Wildman–Crippen LogP) is 4.97. The molecule has 0 fully saturated rings. The highest BCUT2D eigenvalue weighted by Gasteiger charge is 2.03. The van der Waals surface area contributed by atoms with Crippen LogP contribution in [-0.2, 0) is 6.42 Å². The first-order chi connectivity index (χ1) is 9.24. The summed E-state index contributed by atoms with van der Waals surface area (Å²) in [4.78, 5) is 0. The molecule has 0 saturated carbocycles. The van der Waals surface area contributed by atoms with Crippen LogP contribution < -0.4 is 0 Å². The lowest BCUT2D eigenvalue weighted by Gasteiger charge is -2.03. The zero-order valence-corrected chi connectivity index (χ0v) is 11.5. The van der Waals surface area contributed by atoms with Crippen LogP contribution >= 0.6 is 11.6 Å². The summed E-state index contributed by atoms with van der Waals surface area (Å²) < 4.78 is 0. The summed E-state index contributed by atoms with van der Waals surface area (Å²) in [7, 11) is 0. The van der Waals surface area contributed by atoms with Gasteiger partial charge in [0.05, 0.1) is 11.6 Å². The molecule has 2 aromatic rings. The van der Waals surface area contributed by atoms with Crippen molar-refractivity contribution in [2.75, 3.05) is 0 Å². The van der Waals surface area contributed by atoms with E-state index in [1.807, 2.05) is 54.6 Å². The second-order valence-electron chi connectivity index (χ2n) is 4.24. The molecule has 0 heterocycles. The van der Waals surface area contributed by atoms with Gasteiger partial charge in [-0.2, -0.15) is 5.26 Å². The summed E-state index contributed by atoms with van der Waals surface area (Å²) in [5.41, 5.74) is 3.66. The topological polar surface area (TPSA) is 23.8 Å². The van der Waals surface area contributed by atoms with E-state index in [-0.39, 0.29) is 0 Å². The van der Waals surface area contributed by atoms with Gasteiger partial charge in [-0.15, -0.1) is 0 Å². The molecule has 2 aromatic carbocycles. The second kappa shape index (κ2) is 6.22. The Morgan fingerprint density at radius 1 is 1.16 bits per heavy atom. The number of rotatable bonds is 3. The maximum Gasteiger partial charge on any atom is 0.0998 e. The SMILES string of the molecule is CCc1ccc(/C(C#N)=C/c2ccccc2Cl)cc1.